The van der Waals surface area contributed by atoms with Crippen molar-refractivity contribution in [3.63, 3.8) is 0 Å². The minimum Gasteiger partial charge on any atom is -0.744 e. The van der Waals surface area contributed by atoms with Gasteiger partial charge in [0.1, 0.15) is 15.8 Å². The number of hydrogen-bond donors (Lipinski definition) is 1. The third-order valence-corrected chi connectivity index (χ3v) is 3.54. The molecule has 0 bridgehead atoms. The van der Waals surface area contributed by atoms with E-state index in [2.05, 4.69) is 15.2 Å². The molecule has 0 aliphatic heterocycles. The summed E-state index contributed by atoms with van der Waals surface area (Å²) in [5.41, 5.74) is 1.05. The average Bonchev–Trinajstić information content (AvgIpc) is 2.52. The number of benzene rings is 2. The molecule has 0 unspecified atom stereocenters. The van der Waals surface area contributed by atoms with Gasteiger partial charge in [0.25, 0.3) is 0 Å². The highest BCUT2D eigenvalue weighted by molar-refractivity contribution is 7.85. The van der Waals surface area contributed by atoms with Crippen LogP contribution in [0.15, 0.2) is 52.5 Å². The Morgan fingerprint density at radius 2 is 2.05 bits per heavy atom. The lowest BCUT2D eigenvalue weighted by Crippen LogP contribution is -2.57. The molecular formula is C13H11N4O4S+. The van der Waals surface area contributed by atoms with Crippen LogP contribution in [0.4, 0.5) is 17.1 Å². The van der Waals surface area contributed by atoms with Gasteiger partial charge in [-0.05, 0) is 23.3 Å². The molecule has 22 heavy (non-hydrogen) atoms. The van der Waals surface area contributed by atoms with Gasteiger partial charge >= 0.3 is 5.69 Å². The fraction of sp³-hybridized carbons (Fsp3) is 0.0769. The van der Waals surface area contributed by atoms with Gasteiger partial charge in [0.2, 0.25) is 16.8 Å². The highest BCUT2D eigenvalue weighted by Gasteiger charge is 2.16. The summed E-state index contributed by atoms with van der Waals surface area (Å²) in [6.07, 6.45) is 0. The average molecular weight is 319 g/mol. The summed E-state index contributed by atoms with van der Waals surface area (Å²) in [4.78, 5) is 2.70. The summed E-state index contributed by atoms with van der Waals surface area (Å²) in [5.74, 6) is 0.332. The Bertz CT molecular complexity index is 872. The van der Waals surface area contributed by atoms with Gasteiger partial charge in [-0.25, -0.2) is 8.42 Å². The van der Waals surface area contributed by atoms with Crippen molar-refractivity contribution in [2.75, 3.05) is 7.11 Å². The van der Waals surface area contributed by atoms with Crippen LogP contribution in [0.3, 0.4) is 0 Å². The minimum absolute atomic E-state index is 0.257. The van der Waals surface area contributed by atoms with Crippen LogP contribution in [0.2, 0.25) is 0 Å². The van der Waals surface area contributed by atoms with E-state index in [0.29, 0.717) is 11.4 Å². The number of rotatable bonds is 4. The van der Waals surface area contributed by atoms with E-state index >= 15 is 0 Å². The summed E-state index contributed by atoms with van der Waals surface area (Å²) in [6, 6.07) is 9.96. The molecule has 0 saturated carbocycles. The topological polar surface area (TPSA) is 121 Å². The molecule has 0 aliphatic carbocycles. The maximum atomic E-state index is 10.9. The van der Waals surface area contributed by atoms with Crippen LogP contribution < -0.4 is 9.85 Å². The second kappa shape index (κ2) is 6.30. The van der Waals surface area contributed by atoms with E-state index in [1.807, 2.05) is 0 Å². The Morgan fingerprint density at radius 3 is 2.68 bits per heavy atom. The molecule has 0 aliphatic rings. The smallest absolute Gasteiger partial charge is 0.426 e. The Morgan fingerprint density at radius 1 is 1.27 bits per heavy atom. The van der Waals surface area contributed by atoms with Crippen LogP contribution in [0.1, 0.15) is 0 Å². The molecule has 0 saturated heterocycles. The number of hydrogen-bond acceptors (Lipinski definition) is 6. The van der Waals surface area contributed by atoms with E-state index in [-0.39, 0.29) is 16.3 Å². The SMILES string of the molecule is COc1cc([NH+]=Nc2cccc(S(=O)(=O)[O-])c2)ccc1[N+]#N. The number of nitrogens with zero attached hydrogens (tertiary/aromatic N) is 3. The summed E-state index contributed by atoms with van der Waals surface area (Å²) in [5, 5.41) is 15.4. The molecule has 112 valence electrons. The number of diazo groups is 1. The second-order valence-corrected chi connectivity index (χ2v) is 5.54. The van der Waals surface area contributed by atoms with Crippen molar-refractivity contribution in [2.24, 2.45) is 5.11 Å². The molecule has 1 N–H and O–H groups in total. The Kier molecular flexibility index (Phi) is 4.45. The van der Waals surface area contributed by atoms with Crippen molar-refractivity contribution in [1.29, 1.82) is 5.39 Å². The first-order valence-corrected chi connectivity index (χ1v) is 7.40. The van der Waals surface area contributed by atoms with Gasteiger partial charge in [-0.2, -0.15) is 0 Å². The lowest BCUT2D eigenvalue weighted by molar-refractivity contribution is -0.433. The van der Waals surface area contributed by atoms with E-state index < -0.39 is 10.1 Å². The monoisotopic (exact) mass is 319 g/mol. The third-order valence-electron chi connectivity index (χ3n) is 2.71. The largest absolute Gasteiger partial charge is 0.744 e. The standard InChI is InChI=1S/C13H10N4O4S/c1-21-13-8-10(5-6-12(13)15-14)17-16-9-3-2-4-11(7-9)22(18,19)20/h2-8H,1H3/p+1. The molecule has 0 atom stereocenters. The van der Waals surface area contributed by atoms with Crippen molar-refractivity contribution >= 4 is 27.2 Å². The Balaban J connectivity index is 2.32. The first-order valence-electron chi connectivity index (χ1n) is 6.00. The minimum atomic E-state index is -4.53. The summed E-state index contributed by atoms with van der Waals surface area (Å²) >= 11 is 0. The fourth-order valence-corrected chi connectivity index (χ4v) is 2.18. The normalized spacial score (nSPS) is 11.3. The third kappa shape index (κ3) is 3.63. The summed E-state index contributed by atoms with van der Waals surface area (Å²) in [7, 11) is -3.10. The lowest BCUT2D eigenvalue weighted by atomic mass is 10.2. The van der Waals surface area contributed by atoms with Crippen molar-refractivity contribution in [3.05, 3.63) is 47.4 Å². The molecule has 0 heterocycles. The molecule has 8 nitrogen and oxygen atoms in total. The summed E-state index contributed by atoms with van der Waals surface area (Å²) < 4.78 is 37.9. The van der Waals surface area contributed by atoms with E-state index in [1.54, 1.807) is 12.1 Å². The van der Waals surface area contributed by atoms with Crippen molar-refractivity contribution in [1.82, 2.24) is 0 Å². The summed E-state index contributed by atoms with van der Waals surface area (Å²) in [6.45, 7) is 0. The Hall–Kier alpha value is -2.83. The maximum absolute atomic E-state index is 10.9. The van der Waals surface area contributed by atoms with Crippen LogP contribution in [0, 0.1) is 5.39 Å². The van der Waals surface area contributed by atoms with Gasteiger partial charge in [-0.3, -0.25) is 0 Å². The fourth-order valence-electron chi connectivity index (χ4n) is 1.67. The highest BCUT2D eigenvalue weighted by atomic mass is 32.2. The van der Waals surface area contributed by atoms with Gasteiger partial charge < -0.3 is 9.29 Å². The van der Waals surface area contributed by atoms with Gasteiger partial charge in [0.15, 0.2) is 4.98 Å². The zero-order chi connectivity index (χ0) is 16.2. The molecule has 0 fully saturated rings. The molecule has 2 aromatic rings. The number of azo groups is 1. The van der Waals surface area contributed by atoms with Crippen molar-refractivity contribution < 1.29 is 22.8 Å². The zero-order valence-electron chi connectivity index (χ0n) is 11.4. The van der Waals surface area contributed by atoms with Gasteiger partial charge in [-0.1, -0.05) is 11.2 Å². The van der Waals surface area contributed by atoms with E-state index in [0.717, 1.165) is 6.07 Å². The quantitative estimate of drug-likeness (QED) is 0.521. The number of methoxy groups -OCH3 is 1. The maximum Gasteiger partial charge on any atom is 0.426 e. The molecule has 0 amide bonds. The van der Waals surface area contributed by atoms with Crippen LogP contribution in [-0.4, -0.2) is 20.1 Å². The molecular weight excluding hydrogens is 308 g/mol. The lowest BCUT2D eigenvalue weighted by Gasteiger charge is -2.05. The molecule has 0 spiro atoms. The zero-order valence-corrected chi connectivity index (χ0v) is 12.2. The molecule has 2 rings (SSSR count). The van der Waals surface area contributed by atoms with E-state index in [9.17, 15) is 13.0 Å². The van der Waals surface area contributed by atoms with Crippen LogP contribution in [0.25, 0.3) is 4.98 Å². The second-order valence-electron chi connectivity index (χ2n) is 4.16. The molecule has 0 aromatic heterocycles. The predicted octanol–water partition coefficient (Wildman–Crippen LogP) is 1.58. The number of nitrogens with one attached hydrogen (secondary N) is 1. The molecule has 9 heteroatoms. The molecule has 0 radical (unpaired) electrons. The van der Waals surface area contributed by atoms with Crippen LogP contribution in [-0.2, 0) is 10.1 Å². The van der Waals surface area contributed by atoms with Crippen LogP contribution in [0.5, 0.6) is 5.75 Å². The van der Waals surface area contributed by atoms with Gasteiger partial charge in [-0.15, -0.1) is 0 Å². The molecule has 2 aromatic carbocycles. The van der Waals surface area contributed by atoms with Crippen molar-refractivity contribution in [2.45, 2.75) is 4.90 Å². The van der Waals surface area contributed by atoms with E-state index in [1.165, 1.54) is 31.4 Å². The van der Waals surface area contributed by atoms with E-state index in [4.69, 9.17) is 10.1 Å². The highest BCUT2D eigenvalue weighted by Crippen LogP contribution is 2.28. The number of ether oxygens (including phenoxy) is 1. The first-order chi connectivity index (χ1) is 10.4. The predicted molar refractivity (Wildman–Crippen MR) is 74.9 cm³/mol. The Labute approximate surface area is 126 Å². The van der Waals surface area contributed by atoms with Gasteiger partial charge in [0, 0.05) is 12.1 Å². The first kappa shape index (κ1) is 15.6. The van der Waals surface area contributed by atoms with Gasteiger partial charge in [0.05, 0.1) is 18.1 Å². The van der Waals surface area contributed by atoms with Crippen molar-refractivity contribution in [3.8, 4) is 5.75 Å². The van der Waals surface area contributed by atoms with Crippen LogP contribution >= 0.6 is 0 Å².